The third-order valence-electron chi connectivity index (χ3n) is 1.74. The van der Waals surface area contributed by atoms with Crippen LogP contribution in [0.15, 0.2) is 12.2 Å². The third kappa shape index (κ3) is 7.89. The van der Waals surface area contributed by atoms with Gasteiger partial charge in [-0.3, -0.25) is 0 Å². The van der Waals surface area contributed by atoms with Gasteiger partial charge in [-0.05, 0) is 26.4 Å². The molecule has 0 fully saturated rings. The van der Waals surface area contributed by atoms with Gasteiger partial charge in [0, 0.05) is 6.54 Å². The molecule has 0 aliphatic rings. The summed E-state index contributed by atoms with van der Waals surface area (Å²) in [6.45, 7) is 10.0. The van der Waals surface area contributed by atoms with Gasteiger partial charge in [0.05, 0.1) is 0 Å². The van der Waals surface area contributed by atoms with E-state index in [1.165, 1.54) is 26.1 Å². The van der Waals surface area contributed by atoms with Crippen molar-refractivity contribution in [3.8, 4) is 0 Å². The van der Waals surface area contributed by atoms with Crippen molar-refractivity contribution >= 4 is 12.4 Å². The monoisotopic (exact) mass is 177 g/mol. The summed E-state index contributed by atoms with van der Waals surface area (Å²) in [4.78, 5) is 2.43. The van der Waals surface area contributed by atoms with Gasteiger partial charge < -0.3 is 4.90 Å². The molecule has 0 unspecified atom stereocenters. The smallest absolute Gasteiger partial charge is 0.00157 e. The zero-order valence-corrected chi connectivity index (χ0v) is 8.66. The van der Waals surface area contributed by atoms with Gasteiger partial charge in [0.2, 0.25) is 0 Å². The lowest BCUT2D eigenvalue weighted by Crippen LogP contribution is -2.23. The molecule has 0 aromatic heterocycles. The zero-order valence-electron chi connectivity index (χ0n) is 7.84. The molecule has 2 heteroatoms. The molecule has 11 heavy (non-hydrogen) atoms. The summed E-state index contributed by atoms with van der Waals surface area (Å²) in [5.74, 6) is 0. The highest BCUT2D eigenvalue weighted by Crippen LogP contribution is 1.90. The van der Waals surface area contributed by atoms with Crippen LogP contribution in [-0.2, 0) is 0 Å². The van der Waals surface area contributed by atoms with Crippen LogP contribution in [-0.4, -0.2) is 24.5 Å². The molecule has 1 nitrogen and oxygen atoms in total. The van der Waals surface area contributed by atoms with Crippen molar-refractivity contribution in [2.45, 2.75) is 27.2 Å². The first-order valence-electron chi connectivity index (χ1n) is 4.18. The first-order chi connectivity index (χ1) is 4.85. The average molecular weight is 178 g/mol. The molecule has 0 heterocycles. The number of nitrogens with zero attached hydrogens (tertiary/aromatic N) is 1. The van der Waals surface area contributed by atoms with Crippen LogP contribution < -0.4 is 0 Å². The minimum Gasteiger partial charge on any atom is -0.304 e. The van der Waals surface area contributed by atoms with Crippen molar-refractivity contribution in [3.05, 3.63) is 12.2 Å². The van der Waals surface area contributed by atoms with Gasteiger partial charge in [-0.1, -0.05) is 26.0 Å². The highest BCUT2D eigenvalue weighted by molar-refractivity contribution is 5.85. The van der Waals surface area contributed by atoms with Gasteiger partial charge in [0.15, 0.2) is 0 Å². The fourth-order valence-corrected chi connectivity index (χ4v) is 0.964. The first-order valence-corrected chi connectivity index (χ1v) is 4.18. The Morgan fingerprint density at radius 3 is 2.09 bits per heavy atom. The van der Waals surface area contributed by atoms with Gasteiger partial charge in [-0.2, -0.15) is 0 Å². The molecule has 0 saturated carbocycles. The number of halogens is 1. The van der Waals surface area contributed by atoms with Gasteiger partial charge in [-0.25, -0.2) is 0 Å². The first kappa shape index (κ1) is 13.6. The average Bonchev–Trinajstić information content (AvgIpc) is 1.99. The lowest BCUT2D eigenvalue weighted by atomic mass is 10.3. The van der Waals surface area contributed by atoms with E-state index in [-0.39, 0.29) is 12.4 Å². The second-order valence-electron chi connectivity index (χ2n) is 2.38. The van der Waals surface area contributed by atoms with Gasteiger partial charge in [-0.15, -0.1) is 12.4 Å². The lowest BCUT2D eigenvalue weighted by molar-refractivity contribution is 0.310. The van der Waals surface area contributed by atoms with E-state index in [9.17, 15) is 0 Å². The van der Waals surface area contributed by atoms with Crippen LogP contribution in [0.5, 0.6) is 0 Å². The fraction of sp³-hybridized carbons (Fsp3) is 0.778. The van der Waals surface area contributed by atoms with Crippen LogP contribution in [0.1, 0.15) is 27.2 Å². The van der Waals surface area contributed by atoms with Crippen molar-refractivity contribution in [2.24, 2.45) is 0 Å². The molecule has 0 saturated heterocycles. The van der Waals surface area contributed by atoms with Crippen LogP contribution in [0.4, 0.5) is 0 Å². The van der Waals surface area contributed by atoms with Crippen LogP contribution in [0.3, 0.4) is 0 Å². The quantitative estimate of drug-likeness (QED) is 0.584. The normalized spacial score (nSPS) is 10.5. The summed E-state index contributed by atoms with van der Waals surface area (Å²) >= 11 is 0. The van der Waals surface area contributed by atoms with Crippen molar-refractivity contribution in [1.29, 1.82) is 0 Å². The Kier molecular flexibility index (Phi) is 12.3. The Morgan fingerprint density at radius 2 is 1.73 bits per heavy atom. The Bertz CT molecular complexity index is 87.6. The largest absolute Gasteiger partial charge is 0.304 e. The zero-order chi connectivity index (χ0) is 7.82. The minimum atomic E-state index is 0. The molecule has 0 rings (SSSR count). The maximum atomic E-state index is 2.43. The highest BCUT2D eigenvalue weighted by Gasteiger charge is 1.94. The predicted octanol–water partition coefficient (Wildman–Crippen LogP) is 2.72. The summed E-state index contributed by atoms with van der Waals surface area (Å²) in [6, 6.07) is 0. The third-order valence-corrected chi connectivity index (χ3v) is 1.74. The van der Waals surface area contributed by atoms with E-state index in [0.717, 1.165) is 0 Å². The van der Waals surface area contributed by atoms with Crippen LogP contribution in [0, 0.1) is 0 Å². The molecular formula is C9H20ClN. The minimum absolute atomic E-state index is 0. The van der Waals surface area contributed by atoms with E-state index in [4.69, 9.17) is 0 Å². The SMILES string of the molecule is CC=CCCN(CC)CC.Cl. The maximum Gasteiger partial charge on any atom is 0.00157 e. The molecule has 0 radical (unpaired) electrons. The Balaban J connectivity index is 0. The van der Waals surface area contributed by atoms with E-state index in [0.29, 0.717) is 0 Å². The molecule has 0 aromatic carbocycles. The standard InChI is InChI=1S/C9H19N.ClH/c1-4-7-8-9-10(5-2)6-3;/h4,7H,5-6,8-9H2,1-3H3;1H. The van der Waals surface area contributed by atoms with E-state index in [2.05, 4.69) is 37.8 Å². The summed E-state index contributed by atoms with van der Waals surface area (Å²) in [5.41, 5.74) is 0. The molecule has 0 bridgehead atoms. The van der Waals surface area contributed by atoms with Gasteiger partial charge >= 0.3 is 0 Å². The Labute approximate surface area is 76.9 Å². The summed E-state index contributed by atoms with van der Waals surface area (Å²) in [7, 11) is 0. The topological polar surface area (TPSA) is 3.24 Å². The summed E-state index contributed by atoms with van der Waals surface area (Å²) in [5, 5.41) is 0. The molecule has 0 aromatic rings. The molecule has 0 amide bonds. The van der Waals surface area contributed by atoms with Crippen molar-refractivity contribution < 1.29 is 0 Å². The molecular weight excluding hydrogens is 158 g/mol. The number of allylic oxidation sites excluding steroid dienone is 1. The van der Waals surface area contributed by atoms with Crippen molar-refractivity contribution in [1.82, 2.24) is 4.90 Å². The number of rotatable bonds is 5. The highest BCUT2D eigenvalue weighted by atomic mass is 35.5. The summed E-state index contributed by atoms with van der Waals surface area (Å²) < 4.78 is 0. The maximum absolute atomic E-state index is 2.43. The van der Waals surface area contributed by atoms with E-state index in [1.807, 2.05) is 0 Å². The second kappa shape index (κ2) is 9.99. The van der Waals surface area contributed by atoms with E-state index in [1.54, 1.807) is 0 Å². The molecule has 0 N–H and O–H groups in total. The second-order valence-corrected chi connectivity index (χ2v) is 2.38. The van der Waals surface area contributed by atoms with Gasteiger partial charge in [0.1, 0.15) is 0 Å². The van der Waals surface area contributed by atoms with E-state index >= 15 is 0 Å². The lowest BCUT2D eigenvalue weighted by Gasteiger charge is -2.15. The van der Waals surface area contributed by atoms with Gasteiger partial charge in [0.25, 0.3) is 0 Å². The summed E-state index contributed by atoms with van der Waals surface area (Å²) in [6.07, 6.45) is 5.53. The fourth-order valence-electron chi connectivity index (χ4n) is 0.964. The Hall–Kier alpha value is -0.0100. The molecule has 68 valence electrons. The molecule has 0 spiro atoms. The predicted molar refractivity (Wildman–Crippen MR) is 54.5 cm³/mol. The van der Waals surface area contributed by atoms with Crippen molar-refractivity contribution in [3.63, 3.8) is 0 Å². The molecule has 0 aliphatic heterocycles. The Morgan fingerprint density at radius 1 is 1.18 bits per heavy atom. The van der Waals surface area contributed by atoms with Crippen LogP contribution in [0.25, 0.3) is 0 Å². The van der Waals surface area contributed by atoms with Crippen LogP contribution in [0.2, 0.25) is 0 Å². The number of hydrogen-bond acceptors (Lipinski definition) is 1. The van der Waals surface area contributed by atoms with E-state index < -0.39 is 0 Å². The molecule has 0 atom stereocenters. The molecule has 0 aliphatic carbocycles. The van der Waals surface area contributed by atoms with Crippen molar-refractivity contribution in [2.75, 3.05) is 19.6 Å². The van der Waals surface area contributed by atoms with Crippen LogP contribution >= 0.6 is 12.4 Å². The number of hydrogen-bond donors (Lipinski definition) is 0.